The minimum absolute atomic E-state index is 0.138. The van der Waals surface area contributed by atoms with Crippen molar-refractivity contribution >= 4 is 5.91 Å². The monoisotopic (exact) mass is 355 g/mol. The second-order valence-electron chi connectivity index (χ2n) is 6.56. The number of aromatic nitrogens is 2. The van der Waals surface area contributed by atoms with Gasteiger partial charge in [0, 0.05) is 25.1 Å². The molecule has 25 heavy (non-hydrogen) atoms. The fraction of sp³-hybridized carbons (Fsp3) is 0.562. The van der Waals surface area contributed by atoms with Gasteiger partial charge in [0.25, 0.3) is 5.91 Å². The smallest absolute Gasteiger partial charge is 0.366 e. The highest BCUT2D eigenvalue weighted by Gasteiger charge is 2.45. The lowest BCUT2D eigenvalue weighted by Gasteiger charge is -2.37. The first-order valence-corrected chi connectivity index (χ1v) is 8.15. The lowest BCUT2D eigenvalue weighted by atomic mass is 9.71. The summed E-state index contributed by atoms with van der Waals surface area (Å²) in [6.07, 6.45) is 1.56. The van der Waals surface area contributed by atoms with E-state index in [1.54, 1.807) is 18.1 Å². The first kappa shape index (κ1) is 17.5. The zero-order chi connectivity index (χ0) is 18.2. The van der Waals surface area contributed by atoms with Gasteiger partial charge in [-0.3, -0.25) is 4.79 Å². The standard InChI is InChI=1S/C16H20F3N5O/c1-24-9-11(22-13(24)12(20)25)15(6-3-2-4-7-15)14-21-8-5-10(23-14)16(17,18)19/h5,8-9,13,22H,2-4,6-7H2,1H3,(H2,20,25). The average Bonchev–Trinajstić information content (AvgIpc) is 2.97. The van der Waals surface area contributed by atoms with Gasteiger partial charge in [0.2, 0.25) is 0 Å². The molecule has 1 saturated carbocycles. The summed E-state index contributed by atoms with van der Waals surface area (Å²) >= 11 is 0. The number of hydrogen-bond acceptors (Lipinski definition) is 5. The number of carbonyl (C=O) groups excluding carboxylic acids is 1. The molecule has 0 spiro atoms. The lowest BCUT2D eigenvalue weighted by Crippen LogP contribution is -2.48. The van der Waals surface area contributed by atoms with E-state index in [1.165, 1.54) is 0 Å². The average molecular weight is 355 g/mol. The van der Waals surface area contributed by atoms with E-state index in [0.717, 1.165) is 31.5 Å². The van der Waals surface area contributed by atoms with Crippen LogP contribution in [0.5, 0.6) is 0 Å². The Morgan fingerprint density at radius 3 is 2.60 bits per heavy atom. The van der Waals surface area contributed by atoms with Crippen LogP contribution in [0.15, 0.2) is 24.2 Å². The molecule has 0 saturated heterocycles. The first-order chi connectivity index (χ1) is 11.7. The van der Waals surface area contributed by atoms with Gasteiger partial charge in [-0.25, -0.2) is 9.97 Å². The van der Waals surface area contributed by atoms with Gasteiger partial charge in [-0.1, -0.05) is 19.3 Å². The maximum absolute atomic E-state index is 13.1. The van der Waals surface area contributed by atoms with Crippen LogP contribution in [-0.2, 0) is 16.4 Å². The molecule has 2 aliphatic rings. The van der Waals surface area contributed by atoms with E-state index in [0.29, 0.717) is 18.5 Å². The van der Waals surface area contributed by atoms with Crippen molar-refractivity contribution in [3.8, 4) is 0 Å². The summed E-state index contributed by atoms with van der Waals surface area (Å²) in [7, 11) is 1.69. The topological polar surface area (TPSA) is 84.1 Å². The summed E-state index contributed by atoms with van der Waals surface area (Å²) in [4.78, 5) is 21.2. The van der Waals surface area contributed by atoms with Crippen LogP contribution in [0, 0.1) is 0 Å². The number of likely N-dealkylation sites (N-methyl/N-ethyl adjacent to an activating group) is 1. The van der Waals surface area contributed by atoms with E-state index in [9.17, 15) is 18.0 Å². The summed E-state index contributed by atoms with van der Waals surface area (Å²) < 4.78 is 39.2. The number of nitrogens with zero attached hydrogens (tertiary/aromatic N) is 3. The zero-order valence-electron chi connectivity index (χ0n) is 13.8. The van der Waals surface area contributed by atoms with Crippen LogP contribution in [0.1, 0.15) is 43.6 Å². The maximum atomic E-state index is 13.1. The summed E-state index contributed by atoms with van der Waals surface area (Å²) in [6.45, 7) is 0. The number of primary amides is 1. The molecule has 1 amide bonds. The summed E-state index contributed by atoms with van der Waals surface area (Å²) in [5.74, 6) is -0.413. The van der Waals surface area contributed by atoms with Crippen LogP contribution in [0.3, 0.4) is 0 Å². The fourth-order valence-electron chi connectivity index (χ4n) is 3.61. The van der Waals surface area contributed by atoms with Crippen molar-refractivity contribution in [2.45, 2.75) is 49.9 Å². The predicted molar refractivity (Wildman–Crippen MR) is 83.8 cm³/mol. The van der Waals surface area contributed by atoms with Crippen LogP contribution < -0.4 is 11.1 Å². The Balaban J connectivity index is 2.04. The van der Waals surface area contributed by atoms with Crippen LogP contribution in [0.2, 0.25) is 0 Å². The van der Waals surface area contributed by atoms with E-state index < -0.39 is 29.4 Å². The maximum Gasteiger partial charge on any atom is 0.433 e. The van der Waals surface area contributed by atoms with Gasteiger partial charge in [0.15, 0.2) is 6.17 Å². The summed E-state index contributed by atoms with van der Waals surface area (Å²) in [5.41, 5.74) is 4.31. The van der Waals surface area contributed by atoms with Gasteiger partial charge in [-0.2, -0.15) is 13.2 Å². The molecule has 1 aromatic rings. The third kappa shape index (κ3) is 3.14. The highest BCUT2D eigenvalue weighted by molar-refractivity contribution is 5.80. The normalized spacial score (nSPS) is 23.1. The van der Waals surface area contributed by atoms with Crippen LogP contribution in [0.25, 0.3) is 0 Å². The largest absolute Gasteiger partial charge is 0.433 e. The third-order valence-corrected chi connectivity index (χ3v) is 4.90. The molecular weight excluding hydrogens is 335 g/mol. The van der Waals surface area contributed by atoms with Gasteiger partial charge >= 0.3 is 6.18 Å². The predicted octanol–water partition coefficient (Wildman–Crippen LogP) is 1.89. The molecule has 3 rings (SSSR count). The molecule has 9 heteroatoms. The number of halogens is 3. The molecule has 2 heterocycles. The minimum Gasteiger partial charge on any atom is -0.366 e. The second kappa shape index (κ2) is 6.20. The van der Waals surface area contributed by atoms with Crippen molar-refractivity contribution in [2.24, 2.45) is 5.73 Å². The second-order valence-corrected chi connectivity index (χ2v) is 6.56. The number of rotatable bonds is 3. The Kier molecular flexibility index (Phi) is 4.34. The number of amides is 1. The highest BCUT2D eigenvalue weighted by atomic mass is 19.4. The number of alkyl halides is 3. The van der Waals surface area contributed by atoms with Gasteiger partial charge < -0.3 is 16.0 Å². The first-order valence-electron chi connectivity index (χ1n) is 8.15. The fourth-order valence-corrected chi connectivity index (χ4v) is 3.61. The Labute approximate surface area is 143 Å². The number of nitrogens with two attached hydrogens (primary N) is 1. The molecule has 0 radical (unpaired) electrons. The van der Waals surface area contributed by atoms with Crippen molar-refractivity contribution in [3.63, 3.8) is 0 Å². The molecule has 1 atom stereocenters. The molecule has 1 aliphatic heterocycles. The molecule has 3 N–H and O–H groups in total. The molecule has 1 fully saturated rings. The SMILES string of the molecule is CN1C=C(C2(c3nccc(C(F)(F)F)n3)CCCCC2)NC1C(N)=O. The Morgan fingerprint density at radius 2 is 2.04 bits per heavy atom. The van der Waals surface area contributed by atoms with Crippen LogP contribution in [0.4, 0.5) is 13.2 Å². The van der Waals surface area contributed by atoms with Crippen molar-refractivity contribution in [2.75, 3.05) is 7.05 Å². The van der Waals surface area contributed by atoms with Crippen LogP contribution >= 0.6 is 0 Å². The van der Waals surface area contributed by atoms with E-state index in [1.807, 2.05) is 0 Å². The quantitative estimate of drug-likeness (QED) is 0.865. The van der Waals surface area contributed by atoms with E-state index in [4.69, 9.17) is 5.73 Å². The Bertz CT molecular complexity index is 697. The van der Waals surface area contributed by atoms with Gasteiger partial charge in [0.1, 0.15) is 11.5 Å². The number of carbonyl (C=O) groups is 1. The molecule has 1 aliphatic carbocycles. The Morgan fingerprint density at radius 1 is 1.36 bits per heavy atom. The van der Waals surface area contributed by atoms with E-state index >= 15 is 0 Å². The van der Waals surface area contributed by atoms with E-state index in [-0.39, 0.29) is 5.82 Å². The highest BCUT2D eigenvalue weighted by Crippen LogP contribution is 2.44. The molecule has 1 aromatic heterocycles. The summed E-state index contributed by atoms with van der Waals surface area (Å²) in [6, 6.07) is 0.870. The number of allylic oxidation sites excluding steroid dienone is 1. The molecule has 136 valence electrons. The lowest BCUT2D eigenvalue weighted by molar-refractivity contribution is -0.141. The van der Waals surface area contributed by atoms with Crippen LogP contribution in [-0.4, -0.2) is 34.0 Å². The molecule has 6 nitrogen and oxygen atoms in total. The van der Waals surface area contributed by atoms with Crippen molar-refractivity contribution in [1.82, 2.24) is 20.2 Å². The third-order valence-electron chi connectivity index (χ3n) is 4.90. The summed E-state index contributed by atoms with van der Waals surface area (Å²) in [5, 5.41) is 3.06. The minimum atomic E-state index is -4.53. The van der Waals surface area contributed by atoms with Crippen molar-refractivity contribution < 1.29 is 18.0 Å². The molecule has 0 aromatic carbocycles. The van der Waals surface area contributed by atoms with E-state index in [2.05, 4.69) is 15.3 Å². The van der Waals surface area contributed by atoms with Gasteiger partial charge in [-0.15, -0.1) is 0 Å². The molecular formula is C16H20F3N5O. The van der Waals surface area contributed by atoms with Crippen molar-refractivity contribution in [1.29, 1.82) is 0 Å². The van der Waals surface area contributed by atoms with Crippen molar-refractivity contribution in [3.05, 3.63) is 35.7 Å². The zero-order valence-corrected chi connectivity index (χ0v) is 13.8. The number of hydrogen-bond donors (Lipinski definition) is 2. The molecule has 0 bridgehead atoms. The Hall–Kier alpha value is -2.32. The van der Waals surface area contributed by atoms with Gasteiger partial charge in [0.05, 0.1) is 5.41 Å². The number of nitrogens with one attached hydrogen (secondary N) is 1. The van der Waals surface area contributed by atoms with Gasteiger partial charge in [-0.05, 0) is 18.9 Å². The molecule has 1 unspecified atom stereocenters.